The van der Waals surface area contributed by atoms with Crippen LogP contribution in [0.4, 0.5) is 5.69 Å². The van der Waals surface area contributed by atoms with Gasteiger partial charge in [-0.2, -0.15) is 0 Å². The third kappa shape index (κ3) is 2.21. The van der Waals surface area contributed by atoms with E-state index in [0.29, 0.717) is 11.0 Å². The second kappa shape index (κ2) is 5.21. The average molecular weight is 315 g/mol. The fourth-order valence-electron chi connectivity index (χ4n) is 2.89. The summed E-state index contributed by atoms with van der Waals surface area (Å²) in [6.45, 7) is 0. The minimum absolute atomic E-state index is 0.0370. The second-order valence-electron chi connectivity index (χ2n) is 5.31. The van der Waals surface area contributed by atoms with Crippen LogP contribution < -0.4 is 5.46 Å². The van der Waals surface area contributed by atoms with Crippen molar-refractivity contribution in [1.29, 1.82) is 0 Å². The summed E-state index contributed by atoms with van der Waals surface area (Å²) in [7, 11) is 5.72. The normalized spacial score (nSPS) is 11.1. The van der Waals surface area contributed by atoms with E-state index in [1.54, 1.807) is 23.5 Å². The molecule has 0 saturated carbocycles. The van der Waals surface area contributed by atoms with Crippen LogP contribution in [-0.2, 0) is 0 Å². The highest BCUT2D eigenvalue weighted by Gasteiger charge is 2.18. The number of benzene rings is 3. The van der Waals surface area contributed by atoms with Crippen LogP contribution >= 0.6 is 11.3 Å². The Hall–Kier alpha value is -2.66. The van der Waals surface area contributed by atoms with Crippen molar-refractivity contribution in [2.24, 2.45) is 0 Å². The quantitative estimate of drug-likeness (QED) is 0.312. The van der Waals surface area contributed by atoms with Gasteiger partial charge < -0.3 is 0 Å². The topological polar surface area (TPSA) is 43.1 Å². The molecule has 0 aliphatic heterocycles. The van der Waals surface area contributed by atoms with Crippen LogP contribution in [0.15, 0.2) is 60.7 Å². The van der Waals surface area contributed by atoms with E-state index in [1.165, 1.54) is 16.2 Å². The number of fused-ring (bicyclic) bond motifs is 3. The van der Waals surface area contributed by atoms with E-state index in [0.717, 1.165) is 15.6 Å². The molecule has 0 aliphatic carbocycles. The van der Waals surface area contributed by atoms with Gasteiger partial charge in [-0.25, -0.2) is 0 Å². The second-order valence-corrected chi connectivity index (χ2v) is 6.37. The van der Waals surface area contributed by atoms with Crippen molar-refractivity contribution in [2.45, 2.75) is 0 Å². The van der Waals surface area contributed by atoms with Gasteiger partial charge in [-0.3, -0.25) is 10.1 Å². The Morgan fingerprint density at radius 3 is 2.52 bits per heavy atom. The molecule has 1 aromatic heterocycles. The van der Waals surface area contributed by atoms with E-state index in [-0.39, 0.29) is 10.6 Å². The molecule has 108 valence electrons. The highest BCUT2D eigenvalue weighted by Crippen LogP contribution is 2.41. The lowest BCUT2D eigenvalue weighted by Crippen LogP contribution is -2.04. The number of nitrogens with zero attached hydrogens (tertiary/aromatic N) is 1. The third-order valence-corrected chi connectivity index (χ3v) is 5.13. The first-order valence-corrected chi connectivity index (χ1v) is 7.91. The van der Waals surface area contributed by atoms with Gasteiger partial charge in [0.1, 0.15) is 7.85 Å². The molecule has 0 spiro atoms. The van der Waals surface area contributed by atoms with Gasteiger partial charge in [0.25, 0.3) is 5.69 Å². The maximum absolute atomic E-state index is 11.4. The van der Waals surface area contributed by atoms with Crippen LogP contribution in [0, 0.1) is 10.1 Å². The lowest BCUT2D eigenvalue weighted by molar-refractivity contribution is -0.384. The molecule has 3 nitrogen and oxygen atoms in total. The zero-order valence-electron chi connectivity index (χ0n) is 12.0. The molecule has 0 bridgehead atoms. The van der Waals surface area contributed by atoms with Gasteiger partial charge in [-0.15, -0.1) is 11.3 Å². The monoisotopic (exact) mass is 315 g/mol. The Morgan fingerprint density at radius 1 is 0.913 bits per heavy atom. The highest BCUT2D eigenvalue weighted by molar-refractivity contribution is 7.26. The lowest BCUT2D eigenvalue weighted by atomic mass is 9.92. The van der Waals surface area contributed by atoms with Crippen LogP contribution in [0.5, 0.6) is 0 Å². The average Bonchev–Trinajstić information content (AvgIpc) is 2.93. The van der Waals surface area contributed by atoms with Crippen molar-refractivity contribution < 1.29 is 4.92 Å². The Kier molecular flexibility index (Phi) is 3.17. The number of thiophene rings is 1. The van der Waals surface area contributed by atoms with Crippen molar-refractivity contribution in [1.82, 2.24) is 0 Å². The minimum atomic E-state index is -0.377. The van der Waals surface area contributed by atoms with Gasteiger partial charge in [0.2, 0.25) is 0 Å². The zero-order valence-corrected chi connectivity index (χ0v) is 12.8. The molecule has 0 fully saturated rings. The summed E-state index contributed by atoms with van der Waals surface area (Å²) in [5.41, 5.74) is 1.90. The van der Waals surface area contributed by atoms with Crippen LogP contribution in [0.2, 0.25) is 0 Å². The van der Waals surface area contributed by atoms with Gasteiger partial charge in [0, 0.05) is 31.8 Å². The summed E-state index contributed by atoms with van der Waals surface area (Å²) in [6.07, 6.45) is 0. The van der Waals surface area contributed by atoms with Crippen molar-refractivity contribution in [3.05, 3.63) is 70.8 Å². The van der Waals surface area contributed by atoms with Gasteiger partial charge in [0.15, 0.2) is 0 Å². The van der Waals surface area contributed by atoms with E-state index in [9.17, 15) is 10.1 Å². The Labute approximate surface area is 137 Å². The molecule has 0 aliphatic rings. The molecule has 0 unspecified atom stereocenters. The predicted octanol–water partition coefficient (Wildman–Crippen LogP) is 4.42. The molecule has 3 aromatic carbocycles. The van der Waals surface area contributed by atoms with Crippen molar-refractivity contribution in [3.63, 3.8) is 0 Å². The molecular formula is C18H10BNO2S. The first kappa shape index (κ1) is 14.0. The summed E-state index contributed by atoms with van der Waals surface area (Å²) < 4.78 is 2.23. The first-order chi connectivity index (χ1) is 11.1. The molecule has 0 amide bonds. The molecule has 2 radical (unpaired) electrons. The number of rotatable bonds is 2. The summed E-state index contributed by atoms with van der Waals surface area (Å²) in [6, 6.07) is 18.9. The SMILES string of the molecule is [B]c1ccc(-c2cccc3c2sc2ccccc23)c([N+](=O)[O-])c1. The number of nitro groups is 1. The first-order valence-electron chi connectivity index (χ1n) is 7.10. The van der Waals surface area contributed by atoms with Crippen molar-refractivity contribution in [3.8, 4) is 11.1 Å². The molecule has 0 saturated heterocycles. The van der Waals surface area contributed by atoms with Crippen LogP contribution in [0.25, 0.3) is 31.3 Å². The summed E-state index contributed by atoms with van der Waals surface area (Å²) in [5, 5.41) is 13.7. The fraction of sp³-hybridized carbons (Fsp3) is 0. The molecule has 23 heavy (non-hydrogen) atoms. The molecule has 4 rings (SSSR count). The van der Waals surface area contributed by atoms with E-state index < -0.39 is 0 Å². The number of hydrogen-bond donors (Lipinski definition) is 0. The largest absolute Gasteiger partial charge is 0.276 e. The van der Waals surface area contributed by atoms with Gasteiger partial charge in [-0.1, -0.05) is 47.9 Å². The predicted molar refractivity (Wildman–Crippen MR) is 96.8 cm³/mol. The Bertz CT molecular complexity index is 1070. The van der Waals surface area contributed by atoms with E-state index >= 15 is 0 Å². The highest BCUT2D eigenvalue weighted by atomic mass is 32.1. The van der Waals surface area contributed by atoms with Crippen molar-refractivity contribution in [2.75, 3.05) is 0 Å². The van der Waals surface area contributed by atoms with Crippen LogP contribution in [-0.4, -0.2) is 12.8 Å². The summed E-state index contributed by atoms with van der Waals surface area (Å²) >= 11 is 1.65. The zero-order chi connectivity index (χ0) is 16.0. The molecule has 0 atom stereocenters. The molecule has 0 N–H and O–H groups in total. The van der Waals surface area contributed by atoms with Crippen LogP contribution in [0.1, 0.15) is 0 Å². The summed E-state index contributed by atoms with van der Waals surface area (Å²) in [4.78, 5) is 11.0. The molecule has 1 heterocycles. The number of hydrogen-bond acceptors (Lipinski definition) is 3. The Balaban J connectivity index is 2.09. The molecule has 4 aromatic rings. The molecular weight excluding hydrogens is 305 g/mol. The van der Waals surface area contributed by atoms with Gasteiger partial charge >= 0.3 is 0 Å². The maximum Gasteiger partial charge on any atom is 0.276 e. The van der Waals surface area contributed by atoms with Crippen molar-refractivity contribution >= 4 is 50.5 Å². The van der Waals surface area contributed by atoms with Crippen LogP contribution in [0.3, 0.4) is 0 Å². The Morgan fingerprint density at radius 2 is 1.70 bits per heavy atom. The minimum Gasteiger partial charge on any atom is -0.258 e. The van der Waals surface area contributed by atoms with Gasteiger partial charge in [-0.05, 0) is 12.1 Å². The summed E-state index contributed by atoms with van der Waals surface area (Å²) in [5.74, 6) is 0. The van der Waals surface area contributed by atoms with Gasteiger partial charge in [0.05, 0.1) is 10.5 Å². The standard InChI is InChI=1S/C18H10BNO2S/c19-11-8-9-12(16(10-11)20(21)22)14-5-3-6-15-13-4-1-2-7-17(13)23-18(14)15/h1-10H. The fourth-order valence-corrected chi connectivity index (χ4v) is 4.12. The van der Waals surface area contributed by atoms with E-state index in [4.69, 9.17) is 7.85 Å². The molecule has 5 heteroatoms. The number of nitro benzene ring substituents is 1. The smallest absolute Gasteiger partial charge is 0.258 e. The lowest BCUT2D eigenvalue weighted by Gasteiger charge is -2.06. The van der Waals surface area contributed by atoms with E-state index in [1.807, 2.05) is 24.3 Å². The maximum atomic E-state index is 11.4. The van der Waals surface area contributed by atoms with E-state index in [2.05, 4.69) is 18.2 Å². The third-order valence-electron chi connectivity index (χ3n) is 3.91.